The Morgan fingerprint density at radius 3 is 2.00 bits per heavy atom. The normalized spacial score (nSPS) is 18.7. The summed E-state index contributed by atoms with van der Waals surface area (Å²) >= 11 is 0. The maximum absolute atomic E-state index is 15.8. The molecule has 2 heteroatoms. The minimum Gasteiger partial charge on any atom is -0.309 e. The summed E-state index contributed by atoms with van der Waals surface area (Å²) < 4.78 is 15.8. The summed E-state index contributed by atoms with van der Waals surface area (Å²) in [5, 5.41) is 2.77. The zero-order valence-electron chi connectivity index (χ0n) is 25.3. The highest BCUT2D eigenvalue weighted by Crippen LogP contribution is 2.57. The van der Waals surface area contributed by atoms with Crippen molar-refractivity contribution < 1.29 is 4.57 Å². The van der Waals surface area contributed by atoms with E-state index < -0.39 is 7.14 Å². The van der Waals surface area contributed by atoms with Gasteiger partial charge in [-0.1, -0.05) is 146 Å². The third-order valence-corrected chi connectivity index (χ3v) is 12.9. The van der Waals surface area contributed by atoms with Crippen LogP contribution in [0.2, 0.25) is 0 Å². The first-order valence-corrected chi connectivity index (χ1v) is 17.7. The molecule has 0 fully saturated rings. The van der Waals surface area contributed by atoms with Gasteiger partial charge in [-0.3, -0.25) is 0 Å². The molecule has 218 valence electrons. The molecule has 2 atom stereocenters. The first-order valence-electron chi connectivity index (χ1n) is 16.0. The van der Waals surface area contributed by atoms with Gasteiger partial charge in [0.25, 0.3) is 0 Å². The van der Waals surface area contributed by atoms with E-state index >= 15 is 4.57 Å². The van der Waals surface area contributed by atoms with E-state index in [1.165, 1.54) is 38.9 Å². The van der Waals surface area contributed by atoms with Gasteiger partial charge >= 0.3 is 0 Å². The maximum Gasteiger partial charge on any atom is 0.172 e. The average Bonchev–Trinajstić information content (AvgIpc) is 3.38. The number of hydrogen-bond donors (Lipinski definition) is 0. The Morgan fingerprint density at radius 1 is 0.522 bits per heavy atom. The topological polar surface area (TPSA) is 17.1 Å². The van der Waals surface area contributed by atoms with Gasteiger partial charge in [0.1, 0.15) is 0 Å². The number of allylic oxidation sites excluding steroid dienone is 6. The van der Waals surface area contributed by atoms with E-state index in [-0.39, 0.29) is 5.92 Å². The molecule has 9 rings (SSSR count). The second-order valence-corrected chi connectivity index (χ2v) is 15.0. The Balaban J connectivity index is 1.29. The van der Waals surface area contributed by atoms with Gasteiger partial charge in [-0.25, -0.2) is 0 Å². The van der Waals surface area contributed by atoms with Gasteiger partial charge in [0, 0.05) is 21.8 Å². The Bertz CT molecular complexity index is 2290. The summed E-state index contributed by atoms with van der Waals surface area (Å²) in [6, 6.07) is 49.7. The Labute approximate surface area is 270 Å². The molecule has 0 spiro atoms. The van der Waals surface area contributed by atoms with E-state index in [4.69, 9.17) is 0 Å². The van der Waals surface area contributed by atoms with E-state index in [9.17, 15) is 0 Å². The number of benzene rings is 6. The van der Waals surface area contributed by atoms with E-state index in [2.05, 4.69) is 140 Å². The Morgan fingerprint density at radius 2 is 1.20 bits per heavy atom. The molecule has 0 N–H and O–H groups in total. The summed E-state index contributed by atoms with van der Waals surface area (Å²) in [6.45, 7) is 0. The molecule has 0 bridgehead atoms. The summed E-state index contributed by atoms with van der Waals surface area (Å²) in [5.41, 5.74) is 13.1. The second kappa shape index (κ2) is 10.7. The Kier molecular flexibility index (Phi) is 6.30. The first-order chi connectivity index (χ1) is 22.7. The standard InChI is InChI=1S/C44H31OP/c45-46(35-20-12-5-13-21-35)42-27-34(31-14-6-1-2-7-15-31)23-25-37(42)39-28-41-38(29-43(39)46)36-24-22-33(30-16-8-3-9-17-30)26-40(36)44(41)32-18-10-4-11-19-32/h1,3-29,44H,2H2. The summed E-state index contributed by atoms with van der Waals surface area (Å²) in [4.78, 5) is 0. The summed E-state index contributed by atoms with van der Waals surface area (Å²) in [5.74, 6) is 0.0904. The minimum atomic E-state index is -3.15. The van der Waals surface area contributed by atoms with Crippen LogP contribution in [-0.4, -0.2) is 0 Å². The molecule has 3 aliphatic rings. The second-order valence-electron chi connectivity index (χ2n) is 12.3. The van der Waals surface area contributed by atoms with Crippen LogP contribution in [0.4, 0.5) is 0 Å². The fourth-order valence-electron chi connectivity index (χ4n) is 7.60. The lowest BCUT2D eigenvalue weighted by Crippen LogP contribution is -2.21. The number of rotatable bonds is 4. The molecule has 0 radical (unpaired) electrons. The molecule has 2 aliphatic carbocycles. The van der Waals surface area contributed by atoms with Crippen molar-refractivity contribution in [2.75, 3.05) is 0 Å². The van der Waals surface area contributed by atoms with Crippen molar-refractivity contribution in [2.45, 2.75) is 12.3 Å². The fourth-order valence-corrected chi connectivity index (χ4v) is 10.7. The highest BCUT2D eigenvalue weighted by Gasteiger charge is 2.43. The monoisotopic (exact) mass is 606 g/mol. The lowest BCUT2D eigenvalue weighted by Gasteiger charge is -2.18. The van der Waals surface area contributed by atoms with Crippen molar-refractivity contribution in [3.05, 3.63) is 192 Å². The molecule has 1 nitrogen and oxygen atoms in total. The largest absolute Gasteiger partial charge is 0.309 e. The molecule has 0 saturated carbocycles. The molecular weight excluding hydrogens is 575 g/mol. The van der Waals surface area contributed by atoms with Crippen molar-refractivity contribution >= 4 is 28.6 Å². The van der Waals surface area contributed by atoms with Crippen LogP contribution in [0.1, 0.15) is 34.6 Å². The molecule has 0 amide bonds. The van der Waals surface area contributed by atoms with E-state index in [1.54, 1.807) is 0 Å². The molecular formula is C44H31OP. The molecule has 0 saturated heterocycles. The van der Waals surface area contributed by atoms with Crippen LogP contribution < -0.4 is 15.9 Å². The predicted molar refractivity (Wildman–Crippen MR) is 194 cm³/mol. The van der Waals surface area contributed by atoms with Crippen LogP contribution in [0.3, 0.4) is 0 Å². The first kappa shape index (κ1) is 27.1. The van der Waals surface area contributed by atoms with Crippen molar-refractivity contribution in [3.8, 4) is 33.4 Å². The van der Waals surface area contributed by atoms with Crippen LogP contribution in [0.15, 0.2) is 170 Å². The van der Waals surface area contributed by atoms with E-state index in [0.717, 1.165) is 44.6 Å². The van der Waals surface area contributed by atoms with Gasteiger partial charge in [-0.05, 0) is 91.9 Å². The summed E-state index contributed by atoms with van der Waals surface area (Å²) in [7, 11) is -3.15. The quantitative estimate of drug-likeness (QED) is 0.182. The van der Waals surface area contributed by atoms with E-state index in [1.807, 2.05) is 30.3 Å². The van der Waals surface area contributed by atoms with Gasteiger partial charge in [-0.15, -0.1) is 0 Å². The SMILES string of the molecule is O=P1(c2ccccc2)c2cc(C3=CC=CCC=C3)ccc2-c2cc3c(cc21)-c1ccc(-c2ccccc2)cc1C3c1ccccc1. The van der Waals surface area contributed by atoms with Crippen molar-refractivity contribution in [3.63, 3.8) is 0 Å². The number of fused-ring (bicyclic) bond motifs is 6. The fraction of sp³-hybridized carbons (Fsp3) is 0.0455. The van der Waals surface area contributed by atoms with Crippen LogP contribution in [0, 0.1) is 0 Å². The van der Waals surface area contributed by atoms with Gasteiger partial charge in [0.2, 0.25) is 0 Å². The Hall–Kier alpha value is -5.23. The van der Waals surface area contributed by atoms with Gasteiger partial charge in [0.05, 0.1) is 0 Å². The van der Waals surface area contributed by atoms with Crippen LogP contribution in [0.5, 0.6) is 0 Å². The van der Waals surface area contributed by atoms with Crippen LogP contribution >= 0.6 is 7.14 Å². The third-order valence-electron chi connectivity index (χ3n) is 9.77. The molecule has 6 aromatic carbocycles. The molecule has 1 aliphatic heterocycles. The van der Waals surface area contributed by atoms with Crippen molar-refractivity contribution in [2.24, 2.45) is 0 Å². The molecule has 0 aromatic heterocycles. The highest BCUT2D eigenvalue weighted by atomic mass is 31.2. The van der Waals surface area contributed by atoms with E-state index in [0.29, 0.717) is 0 Å². The zero-order chi connectivity index (χ0) is 30.7. The third kappa shape index (κ3) is 4.13. The summed E-state index contributed by atoms with van der Waals surface area (Å²) in [6.07, 6.45) is 11.7. The van der Waals surface area contributed by atoms with Crippen LogP contribution in [0.25, 0.3) is 39.0 Å². The average molecular weight is 607 g/mol. The minimum absolute atomic E-state index is 0.0904. The van der Waals surface area contributed by atoms with Gasteiger partial charge in [0.15, 0.2) is 7.14 Å². The molecule has 1 heterocycles. The zero-order valence-corrected chi connectivity index (χ0v) is 26.2. The van der Waals surface area contributed by atoms with Gasteiger partial charge < -0.3 is 4.57 Å². The predicted octanol–water partition coefficient (Wildman–Crippen LogP) is 10.0. The number of hydrogen-bond acceptors (Lipinski definition) is 1. The smallest absolute Gasteiger partial charge is 0.172 e. The lowest BCUT2D eigenvalue weighted by atomic mass is 9.87. The van der Waals surface area contributed by atoms with Crippen molar-refractivity contribution in [1.82, 2.24) is 0 Å². The highest BCUT2D eigenvalue weighted by molar-refractivity contribution is 7.86. The van der Waals surface area contributed by atoms with Crippen LogP contribution in [-0.2, 0) is 4.57 Å². The van der Waals surface area contributed by atoms with Gasteiger partial charge in [-0.2, -0.15) is 0 Å². The maximum atomic E-state index is 15.8. The molecule has 6 aromatic rings. The molecule has 46 heavy (non-hydrogen) atoms. The van der Waals surface area contributed by atoms with Crippen molar-refractivity contribution in [1.29, 1.82) is 0 Å². The molecule has 2 unspecified atom stereocenters. The lowest BCUT2D eigenvalue weighted by molar-refractivity contribution is 0.593.